The number of para-hydroxylation sites is 1. The number of nitrogens with one attached hydrogen (secondary N) is 2. The maximum atomic E-state index is 14.3. The predicted molar refractivity (Wildman–Crippen MR) is 163 cm³/mol. The van der Waals surface area contributed by atoms with E-state index in [4.69, 9.17) is 4.98 Å². The maximum Gasteiger partial charge on any atom is 0.317 e. The fourth-order valence-corrected chi connectivity index (χ4v) is 6.28. The molecular weight excluding hydrogens is 510 g/mol. The summed E-state index contributed by atoms with van der Waals surface area (Å²) in [4.78, 5) is 36.1. The molecule has 0 bridgehead atoms. The van der Waals surface area contributed by atoms with Gasteiger partial charge in [-0.15, -0.1) is 0 Å². The second-order valence-electron chi connectivity index (χ2n) is 11.0. The van der Waals surface area contributed by atoms with Crippen molar-refractivity contribution in [1.29, 1.82) is 0 Å². The van der Waals surface area contributed by atoms with Crippen molar-refractivity contribution < 1.29 is 9.59 Å². The molecule has 4 aromatic rings. The molecule has 3 heterocycles. The number of carbonyl (C=O) groups is 2. The van der Waals surface area contributed by atoms with Gasteiger partial charge in [-0.1, -0.05) is 85.8 Å². The lowest BCUT2D eigenvalue weighted by Gasteiger charge is -2.36. The van der Waals surface area contributed by atoms with Crippen LogP contribution in [0, 0.1) is 0 Å². The van der Waals surface area contributed by atoms with Gasteiger partial charge in [-0.05, 0) is 30.9 Å². The maximum absolute atomic E-state index is 14.3. The van der Waals surface area contributed by atoms with Gasteiger partial charge >= 0.3 is 6.03 Å². The van der Waals surface area contributed by atoms with Crippen molar-refractivity contribution in [3.8, 4) is 11.3 Å². The van der Waals surface area contributed by atoms with E-state index in [1.807, 2.05) is 65.6 Å². The first kappa shape index (κ1) is 27.0. The molecule has 3 aromatic carbocycles. The third-order valence-electron chi connectivity index (χ3n) is 8.45. The molecule has 210 valence electrons. The highest BCUT2D eigenvalue weighted by atomic mass is 16.2. The number of piperidine rings is 1. The summed E-state index contributed by atoms with van der Waals surface area (Å²) < 4.78 is 0. The van der Waals surface area contributed by atoms with Gasteiger partial charge in [-0.2, -0.15) is 0 Å². The number of hydrogen-bond donors (Lipinski definition) is 2. The monoisotopic (exact) mass is 547 g/mol. The number of urea groups is 1. The third kappa shape index (κ3) is 5.68. The number of nitrogens with zero attached hydrogens (tertiary/aromatic N) is 3. The van der Waals surface area contributed by atoms with Crippen molar-refractivity contribution >= 4 is 22.8 Å². The zero-order valence-corrected chi connectivity index (χ0v) is 23.6. The largest absolute Gasteiger partial charge is 0.345 e. The molecular formula is C34H37N5O2. The van der Waals surface area contributed by atoms with E-state index in [1.54, 1.807) is 0 Å². The summed E-state index contributed by atoms with van der Waals surface area (Å²) >= 11 is 0. The van der Waals surface area contributed by atoms with E-state index in [9.17, 15) is 9.59 Å². The molecule has 2 saturated heterocycles. The fourth-order valence-electron chi connectivity index (χ4n) is 6.28. The van der Waals surface area contributed by atoms with E-state index in [2.05, 4.69) is 46.7 Å². The van der Waals surface area contributed by atoms with E-state index >= 15 is 0 Å². The van der Waals surface area contributed by atoms with E-state index in [1.165, 1.54) is 0 Å². The number of rotatable bonds is 8. The molecule has 7 heteroatoms. The number of hydrogen-bond acceptors (Lipinski definition) is 4. The molecule has 2 aliphatic heterocycles. The highest BCUT2D eigenvalue weighted by Gasteiger charge is 2.32. The number of likely N-dealkylation sites (tertiary alicyclic amines) is 1. The lowest BCUT2D eigenvalue weighted by Crippen LogP contribution is -2.46. The molecule has 0 saturated carbocycles. The van der Waals surface area contributed by atoms with Gasteiger partial charge in [0.05, 0.1) is 22.8 Å². The summed E-state index contributed by atoms with van der Waals surface area (Å²) in [6.45, 7) is 5.94. The second kappa shape index (κ2) is 12.1. The Morgan fingerprint density at radius 3 is 2.32 bits per heavy atom. The topological polar surface area (TPSA) is 77.6 Å². The average molecular weight is 548 g/mol. The van der Waals surface area contributed by atoms with Gasteiger partial charge in [-0.25, -0.2) is 9.78 Å². The highest BCUT2D eigenvalue weighted by molar-refractivity contribution is 6.09. The molecule has 41 heavy (non-hydrogen) atoms. The molecule has 7 nitrogen and oxygen atoms in total. The minimum Gasteiger partial charge on any atom is -0.345 e. The molecule has 6 rings (SSSR count). The number of carbonyl (C=O) groups excluding carboxylic acids is 2. The first-order valence-electron chi connectivity index (χ1n) is 14.7. The van der Waals surface area contributed by atoms with Crippen LogP contribution in [0.4, 0.5) is 4.79 Å². The summed E-state index contributed by atoms with van der Waals surface area (Å²) in [5, 5.41) is 7.16. The van der Waals surface area contributed by atoms with Gasteiger partial charge in [0.25, 0.3) is 5.91 Å². The number of fused-ring (bicyclic) bond motifs is 1. The van der Waals surface area contributed by atoms with Crippen LogP contribution in [-0.2, 0) is 6.54 Å². The van der Waals surface area contributed by atoms with Crippen LogP contribution in [0.5, 0.6) is 0 Å². The first-order chi connectivity index (χ1) is 20.1. The zero-order chi connectivity index (χ0) is 28.2. The van der Waals surface area contributed by atoms with Crippen LogP contribution in [0.15, 0.2) is 84.9 Å². The Hall–Kier alpha value is -4.23. The van der Waals surface area contributed by atoms with E-state index in [-0.39, 0.29) is 24.0 Å². The van der Waals surface area contributed by atoms with Gasteiger partial charge in [0.2, 0.25) is 0 Å². The van der Waals surface area contributed by atoms with E-state index in [0.717, 1.165) is 78.7 Å². The van der Waals surface area contributed by atoms with Crippen molar-refractivity contribution in [1.82, 2.24) is 25.4 Å². The Morgan fingerprint density at radius 2 is 1.63 bits per heavy atom. The van der Waals surface area contributed by atoms with Crippen LogP contribution in [0.25, 0.3) is 22.2 Å². The van der Waals surface area contributed by atoms with Crippen LogP contribution in [-0.4, -0.2) is 58.9 Å². The standard InChI is InChI=1S/C34H37N5O2/c1-2-29(24-11-5-3-6-12-24)37-33(40)31-27-15-9-10-16-30(27)36-32(25-13-7-4-8-14-25)28(31)23-38-20-17-26(18-21-38)39-22-19-35-34(39)41/h3-16,26,29H,2,17-23H2,1H3,(H,35,41)(H,37,40)/t29-/m0/s1. The molecule has 0 spiro atoms. The molecule has 2 aliphatic rings. The van der Waals surface area contributed by atoms with Crippen molar-refractivity contribution in [3.63, 3.8) is 0 Å². The summed E-state index contributed by atoms with van der Waals surface area (Å²) in [7, 11) is 0. The van der Waals surface area contributed by atoms with Crippen LogP contribution < -0.4 is 10.6 Å². The number of benzene rings is 3. The summed E-state index contributed by atoms with van der Waals surface area (Å²) in [6, 6.07) is 28.5. The van der Waals surface area contributed by atoms with E-state index < -0.39 is 0 Å². The van der Waals surface area contributed by atoms with Gasteiger partial charge in [0.15, 0.2) is 0 Å². The van der Waals surface area contributed by atoms with Gasteiger partial charge in [0.1, 0.15) is 0 Å². The predicted octanol–water partition coefficient (Wildman–Crippen LogP) is 5.77. The fraction of sp³-hybridized carbons (Fsp3) is 0.324. The van der Waals surface area contributed by atoms with Crippen LogP contribution >= 0.6 is 0 Å². The molecule has 0 aliphatic carbocycles. The second-order valence-corrected chi connectivity index (χ2v) is 11.0. The lowest BCUT2D eigenvalue weighted by molar-refractivity contribution is 0.0933. The molecule has 1 atom stereocenters. The molecule has 1 aromatic heterocycles. The smallest absolute Gasteiger partial charge is 0.317 e. The van der Waals surface area contributed by atoms with Crippen molar-refractivity contribution in [2.75, 3.05) is 26.2 Å². The van der Waals surface area contributed by atoms with E-state index in [0.29, 0.717) is 12.1 Å². The van der Waals surface area contributed by atoms with Gasteiger partial charge in [-0.3, -0.25) is 9.69 Å². The Balaban J connectivity index is 1.38. The van der Waals surface area contributed by atoms with Crippen LogP contribution in [0.2, 0.25) is 0 Å². The van der Waals surface area contributed by atoms with Gasteiger partial charge in [0, 0.05) is 55.3 Å². The van der Waals surface area contributed by atoms with Crippen molar-refractivity contribution in [2.45, 2.75) is 44.8 Å². The molecule has 0 radical (unpaired) electrons. The van der Waals surface area contributed by atoms with Crippen LogP contribution in [0.3, 0.4) is 0 Å². The van der Waals surface area contributed by atoms with Crippen molar-refractivity contribution in [3.05, 3.63) is 102 Å². The molecule has 3 amide bonds. The highest BCUT2D eigenvalue weighted by Crippen LogP contribution is 2.33. The number of pyridine rings is 1. The molecule has 2 fully saturated rings. The molecule has 0 unspecified atom stereocenters. The summed E-state index contributed by atoms with van der Waals surface area (Å²) in [6.07, 6.45) is 2.63. The number of amides is 3. The Bertz CT molecular complexity index is 1520. The average Bonchev–Trinajstić information content (AvgIpc) is 3.46. The van der Waals surface area contributed by atoms with Gasteiger partial charge < -0.3 is 15.5 Å². The normalized spacial score (nSPS) is 17.0. The minimum atomic E-state index is -0.0917. The quantitative estimate of drug-likeness (QED) is 0.294. The van der Waals surface area contributed by atoms with Crippen molar-refractivity contribution in [2.24, 2.45) is 0 Å². The number of aromatic nitrogens is 1. The summed E-state index contributed by atoms with van der Waals surface area (Å²) in [5.41, 5.74) is 5.41. The lowest BCUT2D eigenvalue weighted by atomic mass is 9.94. The minimum absolute atomic E-state index is 0.0522. The zero-order valence-electron chi connectivity index (χ0n) is 23.6. The Morgan fingerprint density at radius 1 is 0.951 bits per heavy atom. The Kier molecular flexibility index (Phi) is 7.96. The SMILES string of the molecule is CC[C@H](NC(=O)c1c(CN2CCC(N3CCNC3=O)CC2)c(-c2ccccc2)nc2ccccc12)c1ccccc1. The third-order valence-corrected chi connectivity index (χ3v) is 8.45. The van der Waals surface area contributed by atoms with Crippen LogP contribution in [0.1, 0.15) is 53.7 Å². The molecule has 2 N–H and O–H groups in total. The first-order valence-corrected chi connectivity index (χ1v) is 14.7. The Labute approximate surface area is 241 Å². The summed E-state index contributed by atoms with van der Waals surface area (Å²) in [5.74, 6) is -0.0740.